The van der Waals surface area contributed by atoms with E-state index in [0.29, 0.717) is 4.47 Å². The molecule has 0 heterocycles. The lowest BCUT2D eigenvalue weighted by molar-refractivity contribution is -0.384. The van der Waals surface area contributed by atoms with Gasteiger partial charge in [-0.15, -0.1) is 0 Å². The van der Waals surface area contributed by atoms with Crippen molar-refractivity contribution in [2.75, 3.05) is 5.32 Å². The molecule has 0 saturated heterocycles. The van der Waals surface area contributed by atoms with E-state index in [0.717, 1.165) is 24.3 Å². The first-order chi connectivity index (χ1) is 9.88. The third-order valence-corrected chi connectivity index (χ3v) is 3.07. The van der Waals surface area contributed by atoms with Gasteiger partial charge in [0.15, 0.2) is 0 Å². The third-order valence-electron chi connectivity index (χ3n) is 2.58. The summed E-state index contributed by atoms with van der Waals surface area (Å²) in [5.74, 6) is -2.47. The van der Waals surface area contributed by atoms with Crippen LogP contribution in [0.4, 0.5) is 20.2 Å². The molecule has 0 aliphatic heterocycles. The highest BCUT2D eigenvalue weighted by molar-refractivity contribution is 9.10. The lowest BCUT2D eigenvalue weighted by Gasteiger charge is -2.07. The molecule has 0 fully saturated rings. The number of anilines is 1. The zero-order valence-electron chi connectivity index (χ0n) is 10.3. The average Bonchev–Trinajstić information content (AvgIpc) is 2.41. The maximum atomic E-state index is 13.6. The number of rotatable bonds is 3. The normalized spacial score (nSPS) is 10.2. The molecule has 2 aromatic carbocycles. The summed E-state index contributed by atoms with van der Waals surface area (Å²) < 4.78 is 27.2. The van der Waals surface area contributed by atoms with Crippen LogP contribution >= 0.6 is 15.9 Å². The predicted octanol–water partition coefficient (Wildman–Crippen LogP) is 3.89. The molecule has 0 radical (unpaired) electrons. The maximum absolute atomic E-state index is 13.6. The van der Waals surface area contributed by atoms with Crippen molar-refractivity contribution in [1.82, 2.24) is 0 Å². The smallest absolute Gasteiger partial charge is 0.292 e. The van der Waals surface area contributed by atoms with Crippen molar-refractivity contribution in [2.24, 2.45) is 0 Å². The van der Waals surface area contributed by atoms with E-state index in [4.69, 9.17) is 0 Å². The summed E-state index contributed by atoms with van der Waals surface area (Å²) in [6.45, 7) is 0. The topological polar surface area (TPSA) is 72.2 Å². The second kappa shape index (κ2) is 5.96. The van der Waals surface area contributed by atoms with Gasteiger partial charge >= 0.3 is 0 Å². The van der Waals surface area contributed by atoms with Gasteiger partial charge in [0.2, 0.25) is 0 Å². The number of carbonyl (C=O) groups excluding carboxylic acids is 1. The molecule has 21 heavy (non-hydrogen) atoms. The molecule has 0 aliphatic carbocycles. The van der Waals surface area contributed by atoms with Crippen LogP contribution in [0.2, 0.25) is 0 Å². The number of hydrogen-bond acceptors (Lipinski definition) is 3. The molecule has 108 valence electrons. The Morgan fingerprint density at radius 2 is 1.90 bits per heavy atom. The highest BCUT2D eigenvalue weighted by Gasteiger charge is 2.19. The highest BCUT2D eigenvalue weighted by Crippen LogP contribution is 2.26. The van der Waals surface area contributed by atoms with Crippen LogP contribution in [0.1, 0.15) is 10.4 Å². The van der Waals surface area contributed by atoms with E-state index in [9.17, 15) is 23.7 Å². The van der Waals surface area contributed by atoms with Gasteiger partial charge in [-0.1, -0.05) is 15.9 Å². The van der Waals surface area contributed by atoms with Crippen LogP contribution in [0.15, 0.2) is 40.9 Å². The molecule has 1 N–H and O–H groups in total. The fourth-order valence-corrected chi connectivity index (χ4v) is 1.99. The Labute approximate surface area is 125 Å². The summed E-state index contributed by atoms with van der Waals surface area (Å²) >= 11 is 3.08. The number of amides is 1. The Hall–Kier alpha value is -2.35. The molecular weight excluding hydrogens is 350 g/mol. The Bertz CT molecular complexity index is 737. The van der Waals surface area contributed by atoms with Gasteiger partial charge in [0, 0.05) is 16.6 Å². The van der Waals surface area contributed by atoms with E-state index in [2.05, 4.69) is 21.2 Å². The van der Waals surface area contributed by atoms with Crippen molar-refractivity contribution < 1.29 is 18.5 Å². The first-order valence-electron chi connectivity index (χ1n) is 5.59. The summed E-state index contributed by atoms with van der Waals surface area (Å²) in [6, 6.07) is 6.30. The van der Waals surface area contributed by atoms with Gasteiger partial charge in [-0.25, -0.2) is 8.78 Å². The lowest BCUT2D eigenvalue weighted by atomic mass is 10.2. The van der Waals surface area contributed by atoms with Crippen molar-refractivity contribution in [3.05, 3.63) is 68.2 Å². The molecule has 1 amide bonds. The summed E-state index contributed by atoms with van der Waals surface area (Å²) in [4.78, 5) is 22.0. The molecule has 5 nitrogen and oxygen atoms in total. The minimum atomic E-state index is -0.914. The van der Waals surface area contributed by atoms with E-state index in [-0.39, 0.29) is 11.3 Å². The van der Waals surface area contributed by atoms with E-state index in [1.165, 1.54) is 12.1 Å². The number of hydrogen-bond donors (Lipinski definition) is 1. The number of nitrogens with one attached hydrogen (secondary N) is 1. The largest absolute Gasteiger partial charge is 0.316 e. The summed E-state index contributed by atoms with van der Waals surface area (Å²) in [6.07, 6.45) is 0. The van der Waals surface area contributed by atoms with Crippen molar-refractivity contribution in [2.45, 2.75) is 0 Å². The quantitative estimate of drug-likeness (QED) is 0.669. The molecule has 2 rings (SSSR count). The molecule has 0 unspecified atom stereocenters. The lowest BCUT2D eigenvalue weighted by Crippen LogP contribution is -2.15. The van der Waals surface area contributed by atoms with Crippen molar-refractivity contribution in [1.29, 1.82) is 0 Å². The summed E-state index contributed by atoms with van der Waals surface area (Å²) in [7, 11) is 0. The van der Waals surface area contributed by atoms with Crippen molar-refractivity contribution >= 4 is 33.2 Å². The van der Waals surface area contributed by atoms with Crippen LogP contribution < -0.4 is 5.32 Å². The number of nitro benzene ring substituents is 1. The monoisotopic (exact) mass is 356 g/mol. The molecule has 0 atom stereocenters. The predicted molar refractivity (Wildman–Crippen MR) is 75.1 cm³/mol. The van der Waals surface area contributed by atoms with Crippen LogP contribution in [-0.4, -0.2) is 10.8 Å². The summed E-state index contributed by atoms with van der Waals surface area (Å²) in [5.41, 5.74) is -1.15. The average molecular weight is 357 g/mol. The van der Waals surface area contributed by atoms with Gasteiger partial charge < -0.3 is 5.32 Å². The van der Waals surface area contributed by atoms with Gasteiger partial charge in [0.1, 0.15) is 17.3 Å². The number of carbonyl (C=O) groups is 1. The van der Waals surface area contributed by atoms with E-state index >= 15 is 0 Å². The number of benzene rings is 2. The van der Waals surface area contributed by atoms with Crippen LogP contribution in [0.3, 0.4) is 0 Å². The number of nitrogens with zero attached hydrogens (tertiary/aromatic N) is 1. The Morgan fingerprint density at radius 3 is 2.57 bits per heavy atom. The molecule has 0 saturated carbocycles. The Balaban J connectivity index is 2.38. The van der Waals surface area contributed by atoms with E-state index < -0.39 is 28.2 Å². The zero-order chi connectivity index (χ0) is 15.6. The van der Waals surface area contributed by atoms with Crippen LogP contribution in [0, 0.1) is 21.7 Å². The van der Waals surface area contributed by atoms with Gasteiger partial charge in [-0.3, -0.25) is 14.9 Å². The Morgan fingerprint density at radius 1 is 1.19 bits per heavy atom. The van der Waals surface area contributed by atoms with Crippen molar-refractivity contribution in [3.63, 3.8) is 0 Å². The van der Waals surface area contributed by atoms with Crippen LogP contribution in [0.25, 0.3) is 0 Å². The fraction of sp³-hybridized carbons (Fsp3) is 0. The SMILES string of the molecule is O=C(Nc1cc(F)ccc1[N+](=O)[O-])c1cc(Br)ccc1F. The van der Waals surface area contributed by atoms with Crippen molar-refractivity contribution in [3.8, 4) is 0 Å². The van der Waals surface area contributed by atoms with E-state index in [1.807, 2.05) is 0 Å². The van der Waals surface area contributed by atoms with Gasteiger partial charge in [0.05, 0.1) is 10.5 Å². The molecule has 8 heteroatoms. The first-order valence-corrected chi connectivity index (χ1v) is 6.38. The van der Waals surface area contributed by atoms with Crippen LogP contribution in [-0.2, 0) is 0 Å². The molecule has 2 aromatic rings. The zero-order valence-corrected chi connectivity index (χ0v) is 11.9. The fourth-order valence-electron chi connectivity index (χ4n) is 1.63. The van der Waals surface area contributed by atoms with E-state index in [1.54, 1.807) is 0 Å². The number of nitro groups is 1. The number of halogens is 3. The van der Waals surface area contributed by atoms with Gasteiger partial charge in [0.25, 0.3) is 11.6 Å². The van der Waals surface area contributed by atoms with Gasteiger partial charge in [-0.05, 0) is 24.3 Å². The minimum Gasteiger partial charge on any atom is -0.316 e. The standard InChI is InChI=1S/C13H7BrF2N2O3/c14-7-1-3-10(16)9(5-7)13(19)17-11-6-8(15)2-4-12(11)18(20)21/h1-6H,(H,17,19). The molecule has 0 bridgehead atoms. The second-order valence-electron chi connectivity index (χ2n) is 4.00. The first kappa shape index (κ1) is 15.0. The molecular formula is C13H7BrF2N2O3. The third kappa shape index (κ3) is 3.40. The summed E-state index contributed by atoms with van der Waals surface area (Å²) in [5, 5.41) is 13.0. The molecule has 0 spiro atoms. The highest BCUT2D eigenvalue weighted by atomic mass is 79.9. The molecule has 0 aromatic heterocycles. The minimum absolute atomic E-state index is 0.317. The van der Waals surface area contributed by atoms with Crippen LogP contribution in [0.5, 0.6) is 0 Å². The Kier molecular flexibility index (Phi) is 4.27. The van der Waals surface area contributed by atoms with Gasteiger partial charge in [-0.2, -0.15) is 0 Å². The molecule has 0 aliphatic rings. The second-order valence-corrected chi connectivity index (χ2v) is 4.91. The maximum Gasteiger partial charge on any atom is 0.292 e.